The van der Waals surface area contributed by atoms with Gasteiger partial charge >= 0.3 is 0 Å². The third-order valence-corrected chi connectivity index (χ3v) is 5.96. The quantitative estimate of drug-likeness (QED) is 0.673. The zero-order valence-electron chi connectivity index (χ0n) is 18.0. The van der Waals surface area contributed by atoms with E-state index in [0.717, 1.165) is 11.1 Å². The maximum absolute atomic E-state index is 13.7. The molecule has 7 nitrogen and oxygen atoms in total. The molecule has 32 heavy (non-hydrogen) atoms. The number of aromatic nitrogens is 2. The fourth-order valence-corrected chi connectivity index (χ4v) is 4.19. The molecule has 0 radical (unpaired) electrons. The van der Waals surface area contributed by atoms with Crippen LogP contribution in [0, 0.1) is 5.92 Å². The lowest BCUT2D eigenvalue weighted by Crippen LogP contribution is -2.44. The Hall–Kier alpha value is -3.74. The first kappa shape index (κ1) is 21.5. The standard InChI is InChI=1S/C25H26N4O3/c1-2-29-25(32)21(24(31)28-15-13-19(14-16-28)23(26)30)20(17-9-5-3-6-10-17)22(27-29)18-11-7-4-8-12-18/h3-12,19H,2,13-16H2,1H3,(H2,26,30). The third kappa shape index (κ3) is 4.06. The number of benzene rings is 2. The molecule has 164 valence electrons. The van der Waals surface area contributed by atoms with Gasteiger partial charge in [-0.25, -0.2) is 4.68 Å². The molecule has 1 aliphatic rings. The van der Waals surface area contributed by atoms with E-state index in [1.165, 1.54) is 4.68 Å². The molecule has 1 fully saturated rings. The van der Waals surface area contributed by atoms with E-state index in [4.69, 9.17) is 5.73 Å². The maximum Gasteiger partial charge on any atom is 0.280 e. The number of hydrogen-bond donors (Lipinski definition) is 1. The van der Waals surface area contributed by atoms with Crippen molar-refractivity contribution in [2.45, 2.75) is 26.3 Å². The summed E-state index contributed by atoms with van der Waals surface area (Å²) in [7, 11) is 0. The van der Waals surface area contributed by atoms with Crippen molar-refractivity contribution in [3.8, 4) is 22.4 Å². The lowest BCUT2D eigenvalue weighted by molar-refractivity contribution is -0.123. The van der Waals surface area contributed by atoms with Crippen molar-refractivity contribution in [3.63, 3.8) is 0 Å². The fraction of sp³-hybridized carbons (Fsp3) is 0.280. The highest BCUT2D eigenvalue weighted by Crippen LogP contribution is 2.33. The van der Waals surface area contributed by atoms with Crippen LogP contribution in [-0.2, 0) is 11.3 Å². The molecule has 0 aliphatic carbocycles. The summed E-state index contributed by atoms with van der Waals surface area (Å²) in [5.74, 6) is -0.915. The van der Waals surface area contributed by atoms with E-state index >= 15 is 0 Å². The molecule has 3 aromatic rings. The molecule has 0 bridgehead atoms. The van der Waals surface area contributed by atoms with Gasteiger partial charge in [0.15, 0.2) is 0 Å². The fourth-order valence-electron chi connectivity index (χ4n) is 4.19. The van der Waals surface area contributed by atoms with Crippen molar-refractivity contribution in [1.29, 1.82) is 0 Å². The number of nitrogens with two attached hydrogens (primary N) is 1. The van der Waals surface area contributed by atoms with E-state index in [9.17, 15) is 14.4 Å². The summed E-state index contributed by atoms with van der Waals surface area (Å²) in [5, 5.41) is 4.63. The summed E-state index contributed by atoms with van der Waals surface area (Å²) in [6, 6.07) is 19.0. The normalized spacial score (nSPS) is 14.3. The van der Waals surface area contributed by atoms with Gasteiger partial charge in [-0.2, -0.15) is 5.10 Å². The number of rotatable bonds is 5. The van der Waals surface area contributed by atoms with Gasteiger partial charge in [0.05, 0.1) is 5.69 Å². The van der Waals surface area contributed by atoms with Gasteiger partial charge in [0.25, 0.3) is 11.5 Å². The molecule has 4 rings (SSSR count). The molecule has 2 aromatic carbocycles. The number of carbonyl (C=O) groups excluding carboxylic acids is 2. The van der Waals surface area contributed by atoms with E-state index in [-0.39, 0.29) is 23.3 Å². The Labute approximate surface area is 186 Å². The molecule has 7 heteroatoms. The van der Waals surface area contributed by atoms with Crippen molar-refractivity contribution in [2.24, 2.45) is 11.7 Å². The van der Waals surface area contributed by atoms with Crippen molar-refractivity contribution in [2.75, 3.05) is 13.1 Å². The topological polar surface area (TPSA) is 98.3 Å². The summed E-state index contributed by atoms with van der Waals surface area (Å²) >= 11 is 0. The number of nitrogens with zero attached hydrogens (tertiary/aromatic N) is 3. The predicted octanol–water partition coefficient (Wildman–Crippen LogP) is 2.93. The summed E-state index contributed by atoms with van der Waals surface area (Å²) < 4.78 is 1.35. The van der Waals surface area contributed by atoms with Gasteiger partial charge in [0.1, 0.15) is 5.56 Å². The first-order chi connectivity index (χ1) is 15.5. The van der Waals surface area contributed by atoms with Gasteiger partial charge < -0.3 is 10.6 Å². The van der Waals surface area contributed by atoms with Crippen LogP contribution in [0.15, 0.2) is 65.5 Å². The van der Waals surface area contributed by atoms with E-state index in [2.05, 4.69) is 5.10 Å². The molecule has 0 saturated carbocycles. The van der Waals surface area contributed by atoms with Crippen molar-refractivity contribution in [3.05, 3.63) is 76.6 Å². The van der Waals surface area contributed by atoms with Crippen LogP contribution in [0.2, 0.25) is 0 Å². The highest BCUT2D eigenvalue weighted by molar-refractivity contribution is 6.03. The van der Waals surface area contributed by atoms with Crippen molar-refractivity contribution < 1.29 is 9.59 Å². The Morgan fingerprint density at radius 2 is 1.53 bits per heavy atom. The molecule has 0 spiro atoms. The molecular formula is C25H26N4O3. The summed E-state index contributed by atoms with van der Waals surface area (Å²) in [5.41, 5.74) is 7.86. The Kier molecular flexibility index (Phi) is 6.16. The van der Waals surface area contributed by atoms with Gasteiger partial charge in [-0.15, -0.1) is 0 Å². The molecular weight excluding hydrogens is 404 g/mol. The van der Waals surface area contributed by atoms with Gasteiger partial charge in [-0.3, -0.25) is 14.4 Å². The second-order valence-electron chi connectivity index (χ2n) is 7.92. The molecule has 2 heterocycles. The van der Waals surface area contributed by atoms with Crippen LogP contribution in [0.25, 0.3) is 22.4 Å². The van der Waals surface area contributed by atoms with Crippen LogP contribution in [0.3, 0.4) is 0 Å². The predicted molar refractivity (Wildman–Crippen MR) is 123 cm³/mol. The van der Waals surface area contributed by atoms with Crippen LogP contribution in [-0.4, -0.2) is 39.6 Å². The van der Waals surface area contributed by atoms with E-state index in [1.54, 1.807) is 4.90 Å². The summed E-state index contributed by atoms with van der Waals surface area (Å²) in [6.45, 7) is 2.94. The maximum atomic E-state index is 13.7. The second-order valence-corrected chi connectivity index (χ2v) is 7.92. The molecule has 2 amide bonds. The largest absolute Gasteiger partial charge is 0.369 e. The highest BCUT2D eigenvalue weighted by Gasteiger charge is 2.31. The minimum absolute atomic E-state index is 0.115. The number of hydrogen-bond acceptors (Lipinski definition) is 4. The average molecular weight is 431 g/mol. The first-order valence-electron chi connectivity index (χ1n) is 10.9. The minimum Gasteiger partial charge on any atom is -0.369 e. The SMILES string of the molecule is CCn1nc(-c2ccccc2)c(-c2ccccc2)c(C(=O)N2CCC(C(N)=O)CC2)c1=O. The van der Waals surface area contributed by atoms with Gasteiger partial charge in [0.2, 0.25) is 5.91 Å². The third-order valence-electron chi connectivity index (χ3n) is 5.96. The number of amides is 2. The van der Waals surface area contributed by atoms with E-state index in [0.29, 0.717) is 43.7 Å². The first-order valence-corrected chi connectivity index (χ1v) is 10.9. The molecule has 1 aromatic heterocycles. The van der Waals surface area contributed by atoms with Crippen LogP contribution < -0.4 is 11.3 Å². The van der Waals surface area contributed by atoms with Crippen LogP contribution >= 0.6 is 0 Å². The van der Waals surface area contributed by atoms with Gasteiger partial charge in [-0.05, 0) is 25.3 Å². The molecule has 2 N–H and O–H groups in total. The lowest BCUT2D eigenvalue weighted by atomic mass is 9.93. The van der Waals surface area contributed by atoms with Crippen LogP contribution in [0.5, 0.6) is 0 Å². The lowest BCUT2D eigenvalue weighted by Gasteiger charge is -2.31. The Balaban J connectivity index is 1.90. The zero-order chi connectivity index (χ0) is 22.7. The highest BCUT2D eigenvalue weighted by atomic mass is 16.2. The van der Waals surface area contributed by atoms with Crippen LogP contribution in [0.4, 0.5) is 0 Å². The number of primary amides is 1. The van der Waals surface area contributed by atoms with Crippen LogP contribution in [0.1, 0.15) is 30.1 Å². The molecule has 1 saturated heterocycles. The van der Waals surface area contributed by atoms with E-state index in [1.807, 2.05) is 67.6 Å². The molecule has 1 aliphatic heterocycles. The smallest absolute Gasteiger partial charge is 0.280 e. The zero-order valence-corrected chi connectivity index (χ0v) is 18.0. The Morgan fingerprint density at radius 3 is 2.06 bits per heavy atom. The Morgan fingerprint density at radius 1 is 0.969 bits per heavy atom. The summed E-state index contributed by atoms with van der Waals surface area (Å²) in [4.78, 5) is 40.3. The molecule has 0 unspecified atom stereocenters. The van der Waals surface area contributed by atoms with Gasteiger partial charge in [-0.1, -0.05) is 60.7 Å². The number of aryl methyl sites for hydroxylation is 1. The number of piperidine rings is 1. The number of carbonyl (C=O) groups is 2. The van der Waals surface area contributed by atoms with Gasteiger partial charge in [0, 0.05) is 36.7 Å². The average Bonchev–Trinajstić information content (AvgIpc) is 2.84. The summed E-state index contributed by atoms with van der Waals surface area (Å²) in [6.07, 6.45) is 1.00. The molecule has 0 atom stereocenters. The second kappa shape index (κ2) is 9.18. The monoisotopic (exact) mass is 430 g/mol. The minimum atomic E-state index is -0.409. The Bertz CT molecular complexity index is 1180. The number of likely N-dealkylation sites (tertiary alicyclic amines) is 1. The van der Waals surface area contributed by atoms with Crippen molar-refractivity contribution in [1.82, 2.24) is 14.7 Å². The van der Waals surface area contributed by atoms with E-state index < -0.39 is 5.56 Å². The van der Waals surface area contributed by atoms with Crippen molar-refractivity contribution >= 4 is 11.8 Å².